The van der Waals surface area contributed by atoms with Gasteiger partial charge in [0.15, 0.2) is 0 Å². The molecular weight excluding hydrogens is 1480 g/mol. The summed E-state index contributed by atoms with van der Waals surface area (Å²) in [5.41, 5.74) is -0.488. The van der Waals surface area contributed by atoms with Crippen LogP contribution in [0.2, 0.25) is 10.0 Å². The van der Waals surface area contributed by atoms with Crippen molar-refractivity contribution in [1.29, 1.82) is 0 Å². The van der Waals surface area contributed by atoms with Gasteiger partial charge < -0.3 is 55.5 Å². The number of alkyl carbamates (subject to hydrolysis) is 2. The molecule has 4 aliphatic heterocycles. The van der Waals surface area contributed by atoms with Crippen molar-refractivity contribution < 1.29 is 88.8 Å². The molecule has 6 aliphatic carbocycles. The zero-order valence-electron chi connectivity index (χ0n) is 61.4. The Balaban J connectivity index is 0.000000206. The maximum absolute atomic E-state index is 14.6. The number of carboxylic acids is 1. The first kappa shape index (κ1) is 83.1. The van der Waals surface area contributed by atoms with Gasteiger partial charge in [-0.2, -0.15) is 0 Å². The Bertz CT molecular complexity index is 3880. The van der Waals surface area contributed by atoms with Crippen LogP contribution >= 0.6 is 35.6 Å². The van der Waals surface area contributed by atoms with Crippen LogP contribution in [0.1, 0.15) is 206 Å². The first-order valence-corrected chi connectivity index (χ1v) is 40.7. The summed E-state index contributed by atoms with van der Waals surface area (Å²) in [5.74, 6) is -4.66. The molecule has 4 heterocycles. The number of hydrogen-bond donors (Lipinski definition) is 8. The van der Waals surface area contributed by atoms with E-state index >= 15 is 0 Å². The third-order valence-electron chi connectivity index (χ3n) is 21.4. The van der Waals surface area contributed by atoms with Gasteiger partial charge in [0, 0.05) is 42.5 Å². The first-order valence-electron chi connectivity index (χ1n) is 36.9. The molecule has 0 radical (unpaired) electrons. The van der Waals surface area contributed by atoms with E-state index in [1.807, 2.05) is 38.1 Å². The summed E-state index contributed by atoms with van der Waals surface area (Å²) < 4.78 is 76.4. The minimum absolute atomic E-state index is 0. The molecule has 9 amide bonds. The molecule has 0 unspecified atom stereocenters. The number of ether oxygens (including phenoxy) is 4. The number of hydrogen-bond acceptors (Lipinski definition) is 19. The van der Waals surface area contributed by atoms with Gasteiger partial charge in [-0.15, -0.1) is 12.4 Å². The van der Waals surface area contributed by atoms with Crippen molar-refractivity contribution in [3.05, 3.63) is 68.7 Å². The minimum atomic E-state index is -3.88. The molecule has 2 aromatic carbocycles. The van der Waals surface area contributed by atoms with Crippen molar-refractivity contribution in [1.82, 2.24) is 50.7 Å². The van der Waals surface area contributed by atoms with Gasteiger partial charge in [-0.25, -0.2) is 40.8 Å². The van der Waals surface area contributed by atoms with Crippen LogP contribution in [0.4, 0.5) is 19.2 Å². The Morgan fingerprint density at radius 3 is 1.42 bits per heavy atom. The van der Waals surface area contributed by atoms with Gasteiger partial charge in [0.1, 0.15) is 52.6 Å². The molecule has 10 aliphatic rings. The molecular formula is C72H103Cl3N10O19S2. The topological polar surface area (TPSA) is 390 Å². The van der Waals surface area contributed by atoms with E-state index in [1.165, 1.54) is 9.80 Å². The highest BCUT2D eigenvalue weighted by atomic mass is 35.5. The van der Waals surface area contributed by atoms with E-state index in [0.29, 0.717) is 87.5 Å². The van der Waals surface area contributed by atoms with Gasteiger partial charge in [0.05, 0.1) is 36.2 Å². The lowest BCUT2D eigenvalue weighted by atomic mass is 9.83. The molecule has 10 atom stereocenters. The molecule has 2 aromatic rings. The molecule has 12 rings (SSSR count). The number of carbonyl (C=O) groups excluding carboxylic acids is 9. The standard InChI is InChI=1S/C36H50ClN5O9S.C23H29ClN4O6S.C13H23NO4.ClH/c1-5-23-17-36(23,32(45)40-52(48,49)25-14-15-25)39-30(43)28-16-24(50-34(47)41-18-22-12-9-13-27(37)26(22)20-41)19-42(28)31(44)29(21-10-7-6-8-11-21)38-33(46)51-35(2,3)4;1-2-14-9-23(14,21(30)27-35(32,33)16-6-7-16)26-20(29)19-8-15(10-25-19)34-22(31)28-11-13-4-3-5-18(24)17(13)12-28;1-13(2,3)18-12(17)14-10(11(15)16)9-7-5-4-6-8-9;/h9,12-13,21,23-25,28-29H,5-8,10-11,14-20H2,1-4H3,(H,38,46)(H,39,43)(H,40,45);3-5,14-16,19,25H,2,6-12H2,1H3,(H,26,29)(H,27,30);9-10H,4-8H2,1-3H3,(H,14,17)(H,15,16);1H/t23-,24-,28+,29+,36-;14-,15-,19+,23-;10-;/m110./s1. The second-order valence-electron chi connectivity index (χ2n) is 31.7. The number of amides is 9. The Labute approximate surface area is 636 Å². The fourth-order valence-electron chi connectivity index (χ4n) is 15.2. The van der Waals surface area contributed by atoms with Crippen LogP contribution in [0.15, 0.2) is 36.4 Å². The third kappa shape index (κ3) is 20.7. The van der Waals surface area contributed by atoms with Crippen LogP contribution in [-0.2, 0) is 93.9 Å². The summed E-state index contributed by atoms with van der Waals surface area (Å²) in [5, 5.41) is 23.2. The largest absolute Gasteiger partial charge is 0.480 e. The van der Waals surface area contributed by atoms with Crippen molar-refractivity contribution in [2.24, 2.45) is 23.7 Å². The molecule has 6 saturated carbocycles. The third-order valence-corrected chi connectivity index (χ3v) is 25.7. The van der Waals surface area contributed by atoms with E-state index in [4.69, 9.17) is 42.1 Å². The smallest absolute Gasteiger partial charge is 0.410 e. The van der Waals surface area contributed by atoms with Crippen LogP contribution in [-0.4, -0.2) is 179 Å². The lowest BCUT2D eigenvalue weighted by Gasteiger charge is -2.35. The number of aliphatic carboxylic acids is 1. The lowest BCUT2D eigenvalue weighted by Crippen LogP contribution is -2.59. The van der Waals surface area contributed by atoms with Crippen LogP contribution in [0.3, 0.4) is 0 Å². The second-order valence-corrected chi connectivity index (χ2v) is 36.4. The highest BCUT2D eigenvalue weighted by molar-refractivity contribution is 7.91. The fraction of sp³-hybridized carbons (Fsp3) is 0.694. The Morgan fingerprint density at radius 1 is 0.585 bits per heavy atom. The summed E-state index contributed by atoms with van der Waals surface area (Å²) in [6, 6.07) is 7.34. The molecule has 106 heavy (non-hydrogen) atoms. The van der Waals surface area contributed by atoms with Gasteiger partial charge in [-0.3, -0.25) is 43.2 Å². The lowest BCUT2D eigenvalue weighted by molar-refractivity contribution is -0.142. The van der Waals surface area contributed by atoms with E-state index < -0.39 is 149 Å². The number of carboxylic acid groups (broad SMARTS) is 1. The van der Waals surface area contributed by atoms with Crippen molar-refractivity contribution in [3.8, 4) is 0 Å². The molecule has 34 heteroatoms. The summed E-state index contributed by atoms with van der Waals surface area (Å²) in [6.45, 7) is 15.7. The van der Waals surface area contributed by atoms with Gasteiger partial charge in [-0.1, -0.05) is 113 Å². The number of rotatable bonds is 20. The SMILES string of the molecule is CC(C)(C)OC(=O)N[C@H](C(=O)O)C1CCCCC1.CC[C@@H]1C[C@]1(NC(=O)[C@@H]1C[C@@H](OC(=O)N2Cc3cccc(Cl)c3C2)CN1)C(=O)NS(=O)(=O)C1CC1.CC[C@@H]1C[C@]1(NC(=O)[C@@H]1C[C@@H](OC(=O)N2Cc3cccc(Cl)c3C2)CN1C(=O)[C@@H](NC(=O)OC(C)(C)C)C1CCCCC1)C(=O)NS(=O)(=O)C1CC1.Cl. The van der Waals surface area contributed by atoms with Gasteiger partial charge in [0.2, 0.25) is 37.8 Å². The molecule has 2 saturated heterocycles. The highest BCUT2D eigenvalue weighted by Gasteiger charge is 2.64. The van der Waals surface area contributed by atoms with E-state index in [2.05, 4.69) is 36.0 Å². The molecule has 588 valence electrons. The van der Waals surface area contributed by atoms with Crippen molar-refractivity contribution in [2.45, 2.75) is 279 Å². The van der Waals surface area contributed by atoms with E-state index in [-0.39, 0.29) is 75.0 Å². The Kier molecular flexibility index (Phi) is 26.6. The van der Waals surface area contributed by atoms with Crippen molar-refractivity contribution in [3.63, 3.8) is 0 Å². The molecule has 8 N–H and O–H groups in total. The normalized spacial score (nSPS) is 26.0. The summed E-state index contributed by atoms with van der Waals surface area (Å²) in [4.78, 5) is 135. The maximum Gasteiger partial charge on any atom is 0.410 e. The first-order chi connectivity index (χ1) is 49.4. The number of sulfonamides is 2. The number of halogens is 3. The van der Waals surface area contributed by atoms with Crippen LogP contribution in [0, 0.1) is 23.7 Å². The van der Waals surface area contributed by atoms with Crippen LogP contribution < -0.4 is 36.0 Å². The highest BCUT2D eigenvalue weighted by Crippen LogP contribution is 2.48. The monoisotopic (exact) mass is 1580 g/mol. The number of fused-ring (bicyclic) bond motifs is 2. The minimum Gasteiger partial charge on any atom is -0.480 e. The zero-order valence-corrected chi connectivity index (χ0v) is 65.4. The predicted molar refractivity (Wildman–Crippen MR) is 392 cm³/mol. The van der Waals surface area contributed by atoms with Crippen LogP contribution in [0.25, 0.3) is 0 Å². The number of carbonyl (C=O) groups is 10. The van der Waals surface area contributed by atoms with Crippen LogP contribution in [0.5, 0.6) is 0 Å². The number of nitrogens with one attached hydrogen (secondary N) is 7. The van der Waals surface area contributed by atoms with Gasteiger partial charge in [0.25, 0.3) is 11.8 Å². The van der Waals surface area contributed by atoms with Gasteiger partial charge >= 0.3 is 30.3 Å². The fourth-order valence-corrected chi connectivity index (χ4v) is 18.4. The quantitative estimate of drug-likeness (QED) is 0.0576. The van der Waals surface area contributed by atoms with Gasteiger partial charge in [-0.05, 0) is 164 Å². The maximum atomic E-state index is 14.6. The number of benzene rings is 2. The van der Waals surface area contributed by atoms with Crippen molar-refractivity contribution in [2.75, 3.05) is 13.1 Å². The summed E-state index contributed by atoms with van der Waals surface area (Å²) >= 11 is 12.6. The average molecular weight is 1580 g/mol. The molecule has 29 nitrogen and oxygen atoms in total. The van der Waals surface area contributed by atoms with Crippen molar-refractivity contribution >= 4 is 116 Å². The Morgan fingerprint density at radius 2 is 1.01 bits per heavy atom. The Hall–Kier alpha value is -6.93. The molecule has 8 fully saturated rings. The second kappa shape index (κ2) is 33.9. The number of likely N-dealkylation sites (tertiary alicyclic amines) is 1. The summed E-state index contributed by atoms with van der Waals surface area (Å²) in [6.07, 6.45) is 9.12. The van der Waals surface area contributed by atoms with E-state index in [9.17, 15) is 69.9 Å². The zero-order chi connectivity index (χ0) is 76.3. The number of nitrogens with zero attached hydrogens (tertiary/aromatic N) is 3. The van der Waals surface area contributed by atoms with E-state index in [1.54, 1.807) is 58.6 Å². The molecule has 0 aromatic heterocycles. The molecule has 0 bridgehead atoms. The molecule has 0 spiro atoms. The summed E-state index contributed by atoms with van der Waals surface area (Å²) in [7, 11) is -7.59. The predicted octanol–water partition coefficient (Wildman–Crippen LogP) is 8.51. The average Bonchev–Trinajstić information content (AvgIpc) is 1.58. The van der Waals surface area contributed by atoms with E-state index in [0.717, 1.165) is 73.6 Å².